The summed E-state index contributed by atoms with van der Waals surface area (Å²) in [4.78, 5) is 0. The zero-order chi connectivity index (χ0) is 14.2. The first-order valence-electron chi connectivity index (χ1n) is 8.38. The Hall–Kier alpha value is -0.820. The molecule has 2 aliphatic carbocycles. The Labute approximate surface area is 124 Å². The molecular formula is C19H29N. The van der Waals surface area contributed by atoms with Crippen LogP contribution in [-0.2, 0) is 6.42 Å². The van der Waals surface area contributed by atoms with Crippen molar-refractivity contribution in [2.75, 3.05) is 0 Å². The Morgan fingerprint density at radius 1 is 1.20 bits per heavy atom. The summed E-state index contributed by atoms with van der Waals surface area (Å²) in [7, 11) is 0. The zero-order valence-corrected chi connectivity index (χ0v) is 13.1. The van der Waals surface area contributed by atoms with Gasteiger partial charge in [0.2, 0.25) is 0 Å². The normalized spacial score (nSPS) is 32.6. The summed E-state index contributed by atoms with van der Waals surface area (Å²) in [5.41, 5.74) is 10.1. The number of hydrogen-bond acceptors (Lipinski definition) is 1. The van der Waals surface area contributed by atoms with Crippen molar-refractivity contribution in [1.82, 2.24) is 0 Å². The van der Waals surface area contributed by atoms with Crippen molar-refractivity contribution < 1.29 is 0 Å². The summed E-state index contributed by atoms with van der Waals surface area (Å²) in [5, 5.41) is 0. The molecule has 1 saturated carbocycles. The van der Waals surface area contributed by atoms with E-state index in [2.05, 4.69) is 38.1 Å². The molecule has 1 nitrogen and oxygen atoms in total. The fourth-order valence-electron chi connectivity index (χ4n) is 4.48. The minimum absolute atomic E-state index is 0.428. The van der Waals surface area contributed by atoms with Gasteiger partial charge in [-0.2, -0.15) is 0 Å². The molecule has 1 aromatic carbocycles. The minimum Gasteiger partial charge on any atom is -0.327 e. The van der Waals surface area contributed by atoms with Crippen LogP contribution in [0.2, 0.25) is 0 Å². The molecule has 0 radical (unpaired) electrons. The summed E-state index contributed by atoms with van der Waals surface area (Å²) in [5.74, 6) is 1.47. The molecule has 0 spiro atoms. The summed E-state index contributed by atoms with van der Waals surface area (Å²) < 4.78 is 0. The van der Waals surface area contributed by atoms with Crippen LogP contribution in [0.3, 0.4) is 0 Å². The summed E-state index contributed by atoms with van der Waals surface area (Å²) in [6, 6.07) is 9.51. The molecule has 0 bridgehead atoms. The van der Waals surface area contributed by atoms with Gasteiger partial charge in [0.05, 0.1) is 0 Å². The second kappa shape index (κ2) is 5.52. The maximum absolute atomic E-state index is 6.44. The van der Waals surface area contributed by atoms with Crippen molar-refractivity contribution in [3.63, 3.8) is 0 Å². The van der Waals surface area contributed by atoms with Crippen molar-refractivity contribution in [3.8, 4) is 0 Å². The van der Waals surface area contributed by atoms with E-state index in [1.807, 2.05) is 0 Å². The summed E-state index contributed by atoms with van der Waals surface area (Å²) in [6.45, 7) is 4.83. The Bertz CT molecular complexity index is 463. The highest BCUT2D eigenvalue weighted by Crippen LogP contribution is 2.44. The van der Waals surface area contributed by atoms with Crippen LogP contribution in [0.4, 0.5) is 0 Å². The standard InChI is InChI=1S/C19H29N/c1-19(2)11-10-18(20)16(13-19)12-15-8-5-7-14-6-3-4-9-17(14)15/h3-4,6,9,15-16,18H,5,7-8,10-13,20H2,1-2H3. The highest BCUT2D eigenvalue weighted by molar-refractivity contribution is 5.32. The first kappa shape index (κ1) is 14.1. The van der Waals surface area contributed by atoms with Gasteiger partial charge in [-0.25, -0.2) is 0 Å². The van der Waals surface area contributed by atoms with E-state index in [9.17, 15) is 0 Å². The van der Waals surface area contributed by atoms with Gasteiger partial charge >= 0.3 is 0 Å². The lowest BCUT2D eigenvalue weighted by Crippen LogP contribution is -2.40. The monoisotopic (exact) mass is 271 g/mol. The molecular weight excluding hydrogens is 242 g/mol. The van der Waals surface area contributed by atoms with Crippen LogP contribution in [0.15, 0.2) is 24.3 Å². The van der Waals surface area contributed by atoms with Crippen LogP contribution in [0.25, 0.3) is 0 Å². The van der Waals surface area contributed by atoms with Gasteiger partial charge in [-0.15, -0.1) is 0 Å². The van der Waals surface area contributed by atoms with Gasteiger partial charge < -0.3 is 5.73 Å². The van der Waals surface area contributed by atoms with Crippen LogP contribution < -0.4 is 5.73 Å². The van der Waals surface area contributed by atoms with E-state index in [4.69, 9.17) is 5.73 Å². The van der Waals surface area contributed by atoms with Gasteiger partial charge in [-0.1, -0.05) is 38.1 Å². The van der Waals surface area contributed by atoms with Gasteiger partial charge in [0, 0.05) is 6.04 Å². The first-order chi connectivity index (χ1) is 9.55. The molecule has 1 heteroatoms. The third-order valence-electron chi connectivity index (χ3n) is 5.66. The van der Waals surface area contributed by atoms with Crippen LogP contribution in [0, 0.1) is 11.3 Å². The van der Waals surface area contributed by atoms with E-state index in [0.717, 1.165) is 11.8 Å². The summed E-state index contributed by atoms with van der Waals surface area (Å²) >= 11 is 0. The molecule has 3 atom stereocenters. The second-order valence-electron chi connectivity index (χ2n) is 7.85. The number of rotatable bonds is 2. The van der Waals surface area contributed by atoms with E-state index in [1.54, 1.807) is 11.1 Å². The largest absolute Gasteiger partial charge is 0.327 e. The molecule has 1 aromatic rings. The van der Waals surface area contributed by atoms with Crippen molar-refractivity contribution in [3.05, 3.63) is 35.4 Å². The maximum Gasteiger partial charge on any atom is 0.00677 e. The molecule has 2 aliphatic rings. The average Bonchev–Trinajstić information content (AvgIpc) is 2.43. The van der Waals surface area contributed by atoms with Gasteiger partial charge in [0.1, 0.15) is 0 Å². The quantitative estimate of drug-likeness (QED) is 0.832. The molecule has 20 heavy (non-hydrogen) atoms. The van der Waals surface area contributed by atoms with E-state index < -0.39 is 0 Å². The van der Waals surface area contributed by atoms with Crippen molar-refractivity contribution >= 4 is 0 Å². The maximum atomic E-state index is 6.44. The van der Waals surface area contributed by atoms with E-state index in [-0.39, 0.29) is 0 Å². The van der Waals surface area contributed by atoms with Gasteiger partial charge in [0.25, 0.3) is 0 Å². The molecule has 3 unspecified atom stereocenters. The lowest BCUT2D eigenvalue weighted by Gasteiger charge is -2.41. The van der Waals surface area contributed by atoms with Crippen LogP contribution in [0.5, 0.6) is 0 Å². The van der Waals surface area contributed by atoms with Gasteiger partial charge in [0.15, 0.2) is 0 Å². The highest BCUT2D eigenvalue weighted by atomic mass is 14.7. The lowest BCUT2D eigenvalue weighted by molar-refractivity contribution is 0.143. The Morgan fingerprint density at radius 2 is 2.00 bits per heavy atom. The van der Waals surface area contributed by atoms with Crippen molar-refractivity contribution in [2.24, 2.45) is 17.1 Å². The molecule has 0 heterocycles. The van der Waals surface area contributed by atoms with E-state index >= 15 is 0 Å². The minimum atomic E-state index is 0.428. The predicted molar refractivity (Wildman–Crippen MR) is 85.8 cm³/mol. The predicted octanol–water partition coefficient (Wildman–Crippen LogP) is 4.65. The topological polar surface area (TPSA) is 26.0 Å². The molecule has 1 fully saturated rings. The lowest BCUT2D eigenvalue weighted by atomic mass is 9.66. The Balaban J connectivity index is 1.75. The zero-order valence-electron chi connectivity index (χ0n) is 13.1. The van der Waals surface area contributed by atoms with E-state index in [0.29, 0.717) is 11.5 Å². The average molecular weight is 271 g/mol. The third kappa shape index (κ3) is 2.93. The Morgan fingerprint density at radius 3 is 2.85 bits per heavy atom. The Kier molecular flexibility index (Phi) is 3.90. The molecule has 0 saturated heterocycles. The number of hydrogen-bond donors (Lipinski definition) is 1. The number of aryl methyl sites for hydroxylation is 1. The fraction of sp³-hybridized carbons (Fsp3) is 0.684. The van der Waals surface area contributed by atoms with Crippen molar-refractivity contribution in [1.29, 1.82) is 0 Å². The first-order valence-corrected chi connectivity index (χ1v) is 8.38. The molecule has 0 aliphatic heterocycles. The SMILES string of the molecule is CC1(C)CCC(N)C(CC2CCCc3ccccc32)C1. The smallest absolute Gasteiger partial charge is 0.00677 e. The molecule has 0 amide bonds. The number of nitrogens with two attached hydrogens (primary N) is 1. The van der Waals surface area contributed by atoms with Crippen LogP contribution in [-0.4, -0.2) is 6.04 Å². The van der Waals surface area contributed by atoms with Crippen LogP contribution in [0.1, 0.15) is 69.4 Å². The van der Waals surface area contributed by atoms with Crippen molar-refractivity contribution in [2.45, 2.75) is 70.8 Å². The van der Waals surface area contributed by atoms with Crippen LogP contribution >= 0.6 is 0 Å². The highest BCUT2D eigenvalue weighted by Gasteiger charge is 2.35. The second-order valence-corrected chi connectivity index (χ2v) is 7.85. The fourth-order valence-corrected chi connectivity index (χ4v) is 4.48. The van der Waals surface area contributed by atoms with Gasteiger partial charge in [-0.3, -0.25) is 0 Å². The molecule has 3 rings (SSSR count). The van der Waals surface area contributed by atoms with E-state index in [1.165, 1.54) is 44.9 Å². The number of fused-ring (bicyclic) bond motifs is 1. The third-order valence-corrected chi connectivity index (χ3v) is 5.66. The van der Waals surface area contributed by atoms with Gasteiger partial charge in [-0.05, 0) is 73.3 Å². The molecule has 110 valence electrons. The molecule has 2 N–H and O–H groups in total. The molecule has 0 aromatic heterocycles. The summed E-state index contributed by atoms with van der Waals surface area (Å²) in [6.07, 6.45) is 9.12. The number of benzene rings is 1.